The molecular formula is C50H88N6O13S2. The Balaban J connectivity index is 0.000000407. The summed E-state index contributed by atoms with van der Waals surface area (Å²) in [6, 6.07) is 7.65. The number of nitrogens with zero attached hydrogens (tertiary/aromatic N) is 5. The zero-order valence-electron chi connectivity index (χ0n) is 45.2. The van der Waals surface area contributed by atoms with Crippen LogP contribution in [0.5, 0.6) is 11.5 Å². The molecule has 0 unspecified atom stereocenters. The van der Waals surface area contributed by atoms with Crippen molar-refractivity contribution in [2.24, 2.45) is 0 Å². The Morgan fingerprint density at radius 3 is 1.28 bits per heavy atom. The average molecular weight is 1050 g/mol. The lowest BCUT2D eigenvalue weighted by molar-refractivity contribution is -0.142. The topological polar surface area (TPSA) is 206 Å². The fraction of sp³-hybridized carbons (Fsp3) is 0.720. The number of hydrogen-bond donors (Lipinski definition) is 2. The van der Waals surface area contributed by atoms with Gasteiger partial charge in [-0.3, -0.25) is 4.79 Å². The number of aliphatic carboxylic acids is 1. The molecule has 0 bridgehead atoms. The molecule has 71 heavy (non-hydrogen) atoms. The van der Waals surface area contributed by atoms with E-state index in [1.54, 1.807) is 64.0 Å². The second kappa shape index (κ2) is 32.0. The summed E-state index contributed by atoms with van der Waals surface area (Å²) >= 11 is 0. The van der Waals surface area contributed by atoms with Gasteiger partial charge >= 0.3 is 5.97 Å². The number of carbonyl (C=O) groups excluding carboxylic acids is 1. The number of carboxylic acid groups (broad SMARTS) is 1. The molecule has 0 spiro atoms. The van der Waals surface area contributed by atoms with Crippen molar-refractivity contribution in [3.8, 4) is 11.5 Å². The fourth-order valence-corrected chi connectivity index (χ4v) is 11.5. The molecule has 2 fully saturated rings. The van der Waals surface area contributed by atoms with E-state index in [-0.39, 0.29) is 60.8 Å². The van der Waals surface area contributed by atoms with Gasteiger partial charge in [0.25, 0.3) is 0 Å². The molecule has 0 atom stereocenters. The first-order chi connectivity index (χ1) is 33.4. The number of methoxy groups -OCH3 is 2. The summed E-state index contributed by atoms with van der Waals surface area (Å²) in [6.07, 6.45) is 9.48. The molecule has 2 aliphatic rings. The Kier molecular flexibility index (Phi) is 28.6. The summed E-state index contributed by atoms with van der Waals surface area (Å²) in [5.41, 5.74) is 2.44. The van der Waals surface area contributed by atoms with E-state index in [2.05, 4.69) is 36.3 Å². The summed E-state index contributed by atoms with van der Waals surface area (Å²) < 4.78 is 86.3. The zero-order valence-corrected chi connectivity index (χ0v) is 46.9. The molecule has 21 heteroatoms. The number of ether oxygens (including phenoxy) is 6. The van der Waals surface area contributed by atoms with Crippen LogP contribution in [0.15, 0.2) is 34.1 Å². The normalized spacial score (nSPS) is 18.5. The van der Waals surface area contributed by atoms with Crippen LogP contribution < -0.4 is 14.8 Å². The van der Waals surface area contributed by atoms with Crippen LogP contribution in [0.3, 0.4) is 0 Å². The Morgan fingerprint density at radius 2 is 0.944 bits per heavy atom. The summed E-state index contributed by atoms with van der Waals surface area (Å²) in [6.45, 7) is 10.3. The maximum absolute atomic E-state index is 13.1. The second-order valence-corrected chi connectivity index (χ2v) is 22.8. The lowest BCUT2D eigenvalue weighted by Gasteiger charge is -2.34. The SMILES string of the molecule is CNC1CCC(OCCN(C)C)CC1.COc1cc(C)c(S(=O)(=O)N(C)CCOCC(=O)N(C)C2CCC(OCCN(C)C)CC2)c(C)c1.COc1cc(C)c(S(=O)(=O)N(C)CCOCC(=O)O)c(C)c1. The van der Waals surface area contributed by atoms with Crippen molar-refractivity contribution >= 4 is 31.9 Å². The van der Waals surface area contributed by atoms with E-state index in [4.69, 9.17) is 33.5 Å². The van der Waals surface area contributed by atoms with Crippen LogP contribution in [-0.4, -0.2) is 218 Å². The first-order valence-corrected chi connectivity index (χ1v) is 27.3. The molecular weight excluding hydrogens is 957 g/mol. The molecule has 4 rings (SSSR count). The van der Waals surface area contributed by atoms with Gasteiger partial charge in [-0.05, 0) is 161 Å². The summed E-state index contributed by atoms with van der Waals surface area (Å²) in [7, 11) is 10.8. The quantitative estimate of drug-likeness (QED) is 0.125. The van der Waals surface area contributed by atoms with Gasteiger partial charge in [0, 0.05) is 59.4 Å². The third kappa shape index (κ3) is 21.9. The fourth-order valence-electron chi connectivity index (χ4n) is 8.35. The summed E-state index contributed by atoms with van der Waals surface area (Å²) in [5, 5.41) is 11.8. The van der Waals surface area contributed by atoms with Gasteiger partial charge in [0.1, 0.15) is 24.7 Å². The number of rotatable bonds is 26. The number of benzene rings is 2. The van der Waals surface area contributed by atoms with Crippen LogP contribution in [0.25, 0.3) is 0 Å². The number of carboxylic acids is 1. The van der Waals surface area contributed by atoms with Gasteiger partial charge in [0.15, 0.2) is 0 Å². The van der Waals surface area contributed by atoms with E-state index < -0.39 is 32.6 Å². The molecule has 19 nitrogen and oxygen atoms in total. The zero-order chi connectivity index (χ0) is 53.5. The highest BCUT2D eigenvalue weighted by Gasteiger charge is 2.29. The van der Waals surface area contributed by atoms with E-state index in [0.717, 1.165) is 62.3 Å². The lowest BCUT2D eigenvalue weighted by Crippen LogP contribution is -2.42. The van der Waals surface area contributed by atoms with Crippen molar-refractivity contribution in [3.05, 3.63) is 46.5 Å². The highest BCUT2D eigenvalue weighted by molar-refractivity contribution is 7.89. The smallest absolute Gasteiger partial charge is 0.329 e. The number of hydrogen-bond acceptors (Lipinski definition) is 15. The van der Waals surface area contributed by atoms with E-state index in [9.17, 15) is 26.4 Å². The van der Waals surface area contributed by atoms with Crippen molar-refractivity contribution in [2.75, 3.05) is 136 Å². The van der Waals surface area contributed by atoms with Crippen LogP contribution in [-0.2, 0) is 48.6 Å². The third-order valence-corrected chi connectivity index (χ3v) is 17.0. The molecule has 2 N–H and O–H groups in total. The van der Waals surface area contributed by atoms with Gasteiger partial charge in [-0.15, -0.1) is 0 Å². The summed E-state index contributed by atoms with van der Waals surface area (Å²) in [5.74, 6) is 0.0426. The number of nitrogens with one attached hydrogen (secondary N) is 1. The van der Waals surface area contributed by atoms with Crippen molar-refractivity contribution in [1.29, 1.82) is 0 Å². The molecule has 0 radical (unpaired) electrons. The van der Waals surface area contributed by atoms with Crippen LogP contribution >= 0.6 is 0 Å². The molecule has 408 valence electrons. The molecule has 0 heterocycles. The minimum absolute atomic E-state index is 0.0102. The Morgan fingerprint density at radius 1 is 0.577 bits per heavy atom. The van der Waals surface area contributed by atoms with Crippen molar-refractivity contribution in [2.45, 2.75) is 113 Å². The van der Waals surface area contributed by atoms with Gasteiger partial charge in [-0.25, -0.2) is 21.6 Å². The monoisotopic (exact) mass is 1040 g/mol. The number of likely N-dealkylation sites (N-methyl/N-ethyl adjacent to an activating group) is 5. The minimum atomic E-state index is -3.69. The van der Waals surface area contributed by atoms with Gasteiger partial charge in [-0.2, -0.15) is 8.61 Å². The molecule has 0 saturated heterocycles. The van der Waals surface area contributed by atoms with E-state index >= 15 is 0 Å². The molecule has 0 aliphatic heterocycles. The van der Waals surface area contributed by atoms with Crippen LogP contribution in [0.4, 0.5) is 0 Å². The minimum Gasteiger partial charge on any atom is -0.497 e. The van der Waals surface area contributed by atoms with Crippen LogP contribution in [0.2, 0.25) is 0 Å². The highest BCUT2D eigenvalue weighted by atomic mass is 32.2. The van der Waals surface area contributed by atoms with Crippen molar-refractivity contribution in [3.63, 3.8) is 0 Å². The summed E-state index contributed by atoms with van der Waals surface area (Å²) in [4.78, 5) is 29.5. The van der Waals surface area contributed by atoms with E-state index in [1.807, 2.05) is 21.1 Å². The predicted octanol–water partition coefficient (Wildman–Crippen LogP) is 4.43. The average Bonchev–Trinajstić information content (AvgIpc) is 3.31. The molecule has 2 aromatic rings. The number of carbonyl (C=O) groups is 2. The second-order valence-electron chi connectivity index (χ2n) is 18.9. The Labute approximate surface area is 426 Å². The highest BCUT2D eigenvalue weighted by Crippen LogP contribution is 2.30. The van der Waals surface area contributed by atoms with Crippen LogP contribution in [0, 0.1) is 27.7 Å². The molecule has 0 aromatic heterocycles. The van der Waals surface area contributed by atoms with Gasteiger partial charge in [0.2, 0.25) is 26.0 Å². The molecule has 2 aromatic carbocycles. The van der Waals surface area contributed by atoms with Crippen molar-refractivity contribution in [1.82, 2.24) is 28.6 Å². The van der Waals surface area contributed by atoms with Gasteiger partial charge < -0.3 is 53.5 Å². The maximum Gasteiger partial charge on any atom is 0.329 e. The first kappa shape index (κ1) is 63.6. The van der Waals surface area contributed by atoms with Gasteiger partial charge in [0.05, 0.1) is 62.6 Å². The van der Waals surface area contributed by atoms with E-state index in [1.165, 1.54) is 51.2 Å². The number of aryl methyl sites for hydroxylation is 4. The Hall–Kier alpha value is -3.48. The standard InChI is InChI=1S/C25H43N3O6S.C14H21NO6S.C11H24N2O/c1-19-16-23(32-7)17-20(2)25(19)35(30,31)27(5)13-14-33-18-24(29)28(6)21-8-10-22(11-9-21)34-15-12-26(3)4;1-10-7-12(20-4)8-11(2)14(10)22(18,19)15(3)5-6-21-9-13(16)17;1-12-10-4-6-11(7-5-10)14-9-8-13(2)3/h16-17,21-22H,8-15,18H2,1-7H3;7-8H,5-6,9H2,1-4H3,(H,16,17);10-12H,4-9H2,1-3H3. The largest absolute Gasteiger partial charge is 0.497 e. The maximum atomic E-state index is 13.1. The first-order valence-electron chi connectivity index (χ1n) is 24.4. The molecule has 1 amide bonds. The van der Waals surface area contributed by atoms with E-state index in [0.29, 0.717) is 39.9 Å². The number of sulfonamides is 2. The van der Waals surface area contributed by atoms with Crippen molar-refractivity contribution < 1.29 is 60.0 Å². The van der Waals surface area contributed by atoms with Gasteiger partial charge in [-0.1, -0.05) is 0 Å². The Bertz CT molecular complexity index is 2080. The number of amides is 1. The lowest BCUT2D eigenvalue weighted by atomic mass is 9.92. The van der Waals surface area contributed by atoms with Crippen LogP contribution in [0.1, 0.15) is 73.6 Å². The molecule has 2 saturated carbocycles. The molecule has 2 aliphatic carbocycles. The predicted molar refractivity (Wildman–Crippen MR) is 277 cm³/mol. The third-order valence-electron chi connectivity index (χ3n) is 12.7.